The summed E-state index contributed by atoms with van der Waals surface area (Å²) >= 11 is 0. The van der Waals surface area contributed by atoms with Crippen LogP contribution in [0.25, 0.3) is 0 Å². The smallest absolute Gasteiger partial charge is 0.308 e. The first-order valence-corrected chi connectivity index (χ1v) is 4.39. The van der Waals surface area contributed by atoms with Crippen molar-refractivity contribution in [1.82, 2.24) is 0 Å². The molecule has 0 aliphatic heterocycles. The van der Waals surface area contributed by atoms with Crippen LogP contribution in [0.5, 0.6) is 0 Å². The van der Waals surface area contributed by atoms with Crippen LogP contribution in [0.2, 0.25) is 0 Å². The van der Waals surface area contributed by atoms with Gasteiger partial charge in [-0.25, -0.2) is 0 Å². The SMILES string of the molecule is COC(=O)[C@H]1C[C@@H]2CC[C@H]1C2. The second-order valence-electron chi connectivity index (χ2n) is 3.80. The second-order valence-corrected chi connectivity index (χ2v) is 3.80. The van der Waals surface area contributed by atoms with Crippen molar-refractivity contribution >= 4 is 5.97 Å². The Bertz CT molecular complexity index is 176. The third-order valence-corrected chi connectivity index (χ3v) is 3.24. The van der Waals surface area contributed by atoms with Gasteiger partial charge in [0.2, 0.25) is 0 Å². The maximum atomic E-state index is 11.2. The topological polar surface area (TPSA) is 26.3 Å². The molecule has 2 fully saturated rings. The van der Waals surface area contributed by atoms with Gasteiger partial charge >= 0.3 is 5.97 Å². The highest BCUT2D eigenvalue weighted by atomic mass is 16.5. The van der Waals surface area contributed by atoms with Crippen LogP contribution in [0.4, 0.5) is 0 Å². The van der Waals surface area contributed by atoms with Crippen LogP contribution in [-0.2, 0) is 9.53 Å². The van der Waals surface area contributed by atoms with Gasteiger partial charge < -0.3 is 4.74 Å². The molecule has 0 aromatic carbocycles. The summed E-state index contributed by atoms with van der Waals surface area (Å²) in [7, 11) is 1.49. The van der Waals surface area contributed by atoms with Crippen molar-refractivity contribution in [2.75, 3.05) is 7.11 Å². The molecular formula is C9H14O2. The van der Waals surface area contributed by atoms with E-state index in [1.54, 1.807) is 0 Å². The number of ether oxygens (including phenoxy) is 1. The lowest BCUT2D eigenvalue weighted by molar-refractivity contribution is -0.147. The molecular weight excluding hydrogens is 140 g/mol. The van der Waals surface area contributed by atoms with Crippen LogP contribution in [0.3, 0.4) is 0 Å². The molecule has 62 valence electrons. The van der Waals surface area contributed by atoms with Crippen molar-refractivity contribution in [2.45, 2.75) is 25.7 Å². The summed E-state index contributed by atoms with van der Waals surface area (Å²) in [4.78, 5) is 11.2. The van der Waals surface area contributed by atoms with Gasteiger partial charge in [0, 0.05) is 0 Å². The number of esters is 1. The minimum atomic E-state index is 0.0252. The highest BCUT2D eigenvalue weighted by molar-refractivity contribution is 5.73. The summed E-state index contributed by atoms with van der Waals surface area (Å²) in [5.41, 5.74) is 0. The van der Waals surface area contributed by atoms with Crippen molar-refractivity contribution in [2.24, 2.45) is 17.8 Å². The fraction of sp³-hybridized carbons (Fsp3) is 0.889. The zero-order chi connectivity index (χ0) is 7.84. The fourth-order valence-corrected chi connectivity index (χ4v) is 2.68. The number of rotatable bonds is 1. The molecule has 2 aliphatic rings. The van der Waals surface area contributed by atoms with Crippen molar-refractivity contribution in [3.05, 3.63) is 0 Å². The molecule has 2 heteroatoms. The Morgan fingerprint density at radius 1 is 1.36 bits per heavy atom. The van der Waals surface area contributed by atoms with E-state index in [9.17, 15) is 4.79 Å². The lowest BCUT2D eigenvalue weighted by Crippen LogP contribution is -2.21. The normalized spacial score (nSPS) is 41.0. The van der Waals surface area contributed by atoms with Gasteiger partial charge in [-0.3, -0.25) is 4.79 Å². The molecule has 0 N–H and O–H groups in total. The van der Waals surface area contributed by atoms with E-state index in [-0.39, 0.29) is 11.9 Å². The summed E-state index contributed by atoms with van der Waals surface area (Å²) in [5.74, 6) is 1.77. The molecule has 0 radical (unpaired) electrons. The van der Waals surface area contributed by atoms with Gasteiger partial charge in [-0.1, -0.05) is 6.42 Å². The van der Waals surface area contributed by atoms with E-state index in [2.05, 4.69) is 0 Å². The Balaban J connectivity index is 2.02. The molecule has 2 aliphatic carbocycles. The van der Waals surface area contributed by atoms with Crippen molar-refractivity contribution in [1.29, 1.82) is 0 Å². The lowest BCUT2D eigenvalue weighted by Gasteiger charge is -2.18. The molecule has 0 unspecified atom stereocenters. The third kappa shape index (κ3) is 1.05. The first-order valence-electron chi connectivity index (χ1n) is 4.39. The Morgan fingerprint density at radius 2 is 2.18 bits per heavy atom. The number of carbonyl (C=O) groups is 1. The minimum absolute atomic E-state index is 0.0252. The van der Waals surface area contributed by atoms with Gasteiger partial charge in [-0.05, 0) is 31.1 Å². The molecule has 0 spiro atoms. The van der Waals surface area contributed by atoms with Crippen LogP contribution in [-0.4, -0.2) is 13.1 Å². The average Bonchev–Trinajstić information content (AvgIpc) is 2.62. The van der Waals surface area contributed by atoms with E-state index in [1.807, 2.05) is 0 Å². The molecule has 0 amide bonds. The quantitative estimate of drug-likeness (QED) is 0.536. The predicted molar refractivity (Wildman–Crippen MR) is 41.0 cm³/mol. The van der Waals surface area contributed by atoms with Gasteiger partial charge in [-0.2, -0.15) is 0 Å². The molecule has 0 aromatic heterocycles. The molecule has 0 aromatic rings. The molecule has 2 bridgehead atoms. The molecule has 0 saturated heterocycles. The summed E-state index contributed by atoms with van der Waals surface area (Å²) in [6, 6.07) is 0. The Labute approximate surface area is 66.9 Å². The van der Waals surface area contributed by atoms with Crippen molar-refractivity contribution in [3.8, 4) is 0 Å². The van der Waals surface area contributed by atoms with Gasteiger partial charge in [0.1, 0.15) is 0 Å². The molecule has 11 heavy (non-hydrogen) atoms. The molecule has 3 atom stereocenters. The third-order valence-electron chi connectivity index (χ3n) is 3.24. The lowest BCUT2D eigenvalue weighted by atomic mass is 9.89. The molecule has 2 nitrogen and oxygen atoms in total. The van der Waals surface area contributed by atoms with Gasteiger partial charge in [0.05, 0.1) is 13.0 Å². The molecule has 2 saturated carbocycles. The van der Waals surface area contributed by atoms with Crippen LogP contribution in [0.1, 0.15) is 25.7 Å². The first kappa shape index (κ1) is 7.14. The summed E-state index contributed by atoms with van der Waals surface area (Å²) in [6.45, 7) is 0. The zero-order valence-electron chi connectivity index (χ0n) is 6.88. The van der Waals surface area contributed by atoms with E-state index in [0.717, 1.165) is 12.3 Å². The highest BCUT2D eigenvalue weighted by Gasteiger charge is 2.43. The zero-order valence-corrected chi connectivity index (χ0v) is 6.88. The number of hydrogen-bond donors (Lipinski definition) is 0. The van der Waals surface area contributed by atoms with Crippen molar-refractivity contribution in [3.63, 3.8) is 0 Å². The van der Waals surface area contributed by atoms with Crippen LogP contribution in [0, 0.1) is 17.8 Å². The van der Waals surface area contributed by atoms with E-state index in [0.29, 0.717) is 5.92 Å². The molecule has 0 heterocycles. The predicted octanol–water partition coefficient (Wildman–Crippen LogP) is 1.60. The molecule has 2 rings (SSSR count). The number of methoxy groups -OCH3 is 1. The van der Waals surface area contributed by atoms with Gasteiger partial charge in [-0.15, -0.1) is 0 Å². The fourth-order valence-electron chi connectivity index (χ4n) is 2.68. The van der Waals surface area contributed by atoms with Crippen molar-refractivity contribution < 1.29 is 9.53 Å². The number of carbonyl (C=O) groups excluding carboxylic acids is 1. The standard InChI is InChI=1S/C9H14O2/c1-11-9(10)8-5-6-2-3-7(8)4-6/h6-8H,2-5H2,1H3/t6-,7+,8+/m1/s1. The maximum Gasteiger partial charge on any atom is 0.308 e. The average molecular weight is 154 g/mol. The van der Waals surface area contributed by atoms with E-state index < -0.39 is 0 Å². The van der Waals surface area contributed by atoms with Crippen LogP contribution >= 0.6 is 0 Å². The number of fused-ring (bicyclic) bond motifs is 2. The van der Waals surface area contributed by atoms with Gasteiger partial charge in [0.15, 0.2) is 0 Å². The first-order chi connectivity index (χ1) is 5.31. The van der Waals surface area contributed by atoms with Crippen LogP contribution in [0.15, 0.2) is 0 Å². The Morgan fingerprint density at radius 3 is 2.64 bits per heavy atom. The Kier molecular flexibility index (Phi) is 1.63. The maximum absolute atomic E-state index is 11.2. The minimum Gasteiger partial charge on any atom is -0.469 e. The highest BCUT2D eigenvalue weighted by Crippen LogP contribution is 2.48. The number of hydrogen-bond acceptors (Lipinski definition) is 2. The van der Waals surface area contributed by atoms with E-state index >= 15 is 0 Å². The van der Waals surface area contributed by atoms with E-state index in [1.165, 1.54) is 26.4 Å². The van der Waals surface area contributed by atoms with Gasteiger partial charge in [0.25, 0.3) is 0 Å². The summed E-state index contributed by atoms with van der Waals surface area (Å²) < 4.78 is 4.75. The monoisotopic (exact) mass is 154 g/mol. The van der Waals surface area contributed by atoms with E-state index in [4.69, 9.17) is 4.74 Å². The summed E-state index contributed by atoms with van der Waals surface area (Å²) in [6.07, 6.45) is 4.97. The summed E-state index contributed by atoms with van der Waals surface area (Å²) in [5, 5.41) is 0. The van der Waals surface area contributed by atoms with Crippen LogP contribution < -0.4 is 0 Å². The Hall–Kier alpha value is -0.530. The largest absolute Gasteiger partial charge is 0.469 e. The second kappa shape index (κ2) is 2.50.